The summed E-state index contributed by atoms with van der Waals surface area (Å²) in [6.07, 6.45) is 8.92. The summed E-state index contributed by atoms with van der Waals surface area (Å²) >= 11 is 0. The van der Waals surface area contributed by atoms with Crippen LogP contribution in [0, 0.1) is 18.7 Å². The first kappa shape index (κ1) is 23.9. The minimum absolute atomic E-state index is 0.0494. The van der Waals surface area contributed by atoms with Gasteiger partial charge >= 0.3 is 0 Å². The van der Waals surface area contributed by atoms with E-state index in [2.05, 4.69) is 10.2 Å². The quantitative estimate of drug-likeness (QED) is 0.386. The number of ketones is 1. The molecule has 6 rings (SSSR count). The Bertz CT molecular complexity index is 1440. The fourth-order valence-electron chi connectivity index (χ4n) is 5.92. The van der Waals surface area contributed by atoms with Crippen molar-refractivity contribution in [1.29, 1.82) is 0 Å². The van der Waals surface area contributed by atoms with Crippen LogP contribution in [0.15, 0.2) is 47.4 Å². The standard InChI is InChI=1S/C30H32FN3O3/c1-18-5-7-19(8-6-18)9-12-26(35)23-16-34(21-10-11-21)27-22(29(23)36)14-24(31)28(30(27)37-2)33-15-20-4-3-13-32-25(20)17-33/h5-9,12,14,16,20-21,25,32H,3-4,10-11,13,15,17H2,1-2H3. The summed E-state index contributed by atoms with van der Waals surface area (Å²) in [6.45, 7) is 4.45. The smallest absolute Gasteiger partial charge is 0.200 e. The van der Waals surface area contributed by atoms with Crippen LogP contribution in [0.3, 0.4) is 0 Å². The average Bonchev–Trinajstić information content (AvgIpc) is 3.66. The van der Waals surface area contributed by atoms with Gasteiger partial charge in [0.15, 0.2) is 17.3 Å². The summed E-state index contributed by atoms with van der Waals surface area (Å²) in [5, 5.41) is 3.76. The number of carbonyl (C=O) groups is 1. The van der Waals surface area contributed by atoms with Crippen molar-refractivity contribution in [3.05, 3.63) is 75.3 Å². The van der Waals surface area contributed by atoms with Crippen molar-refractivity contribution in [3.8, 4) is 5.75 Å². The van der Waals surface area contributed by atoms with E-state index in [4.69, 9.17) is 4.74 Å². The van der Waals surface area contributed by atoms with Crippen molar-refractivity contribution < 1.29 is 13.9 Å². The first-order valence-corrected chi connectivity index (χ1v) is 13.2. The zero-order valence-corrected chi connectivity index (χ0v) is 21.3. The van der Waals surface area contributed by atoms with Crippen LogP contribution in [-0.2, 0) is 0 Å². The highest BCUT2D eigenvalue weighted by molar-refractivity contribution is 6.08. The van der Waals surface area contributed by atoms with Gasteiger partial charge in [-0.15, -0.1) is 0 Å². The van der Waals surface area contributed by atoms with Crippen LogP contribution in [0.4, 0.5) is 10.1 Å². The van der Waals surface area contributed by atoms with Crippen molar-refractivity contribution in [3.63, 3.8) is 0 Å². The molecule has 2 unspecified atom stereocenters. The normalized spacial score (nSPS) is 21.5. The first-order chi connectivity index (χ1) is 17.9. The van der Waals surface area contributed by atoms with Gasteiger partial charge in [-0.25, -0.2) is 4.39 Å². The third-order valence-electron chi connectivity index (χ3n) is 8.03. The molecule has 3 aromatic rings. The molecule has 0 radical (unpaired) electrons. The molecule has 0 bridgehead atoms. The number of ether oxygens (including phenoxy) is 1. The van der Waals surface area contributed by atoms with Gasteiger partial charge in [0, 0.05) is 31.4 Å². The highest BCUT2D eigenvalue weighted by Gasteiger charge is 2.38. The second kappa shape index (κ2) is 9.45. The average molecular weight is 502 g/mol. The van der Waals surface area contributed by atoms with E-state index >= 15 is 4.39 Å². The van der Waals surface area contributed by atoms with Crippen LogP contribution in [0.5, 0.6) is 5.75 Å². The van der Waals surface area contributed by atoms with E-state index in [1.165, 1.54) is 19.3 Å². The number of methoxy groups -OCH3 is 1. The number of benzene rings is 2. The third-order valence-corrected chi connectivity index (χ3v) is 8.03. The van der Waals surface area contributed by atoms with Crippen LogP contribution in [0.1, 0.15) is 53.2 Å². The number of hydrogen-bond acceptors (Lipinski definition) is 5. The van der Waals surface area contributed by atoms with Crippen LogP contribution in [0.25, 0.3) is 17.0 Å². The number of pyridine rings is 1. The molecule has 2 aromatic carbocycles. The monoisotopic (exact) mass is 501 g/mol. The number of allylic oxidation sites excluding steroid dienone is 1. The van der Waals surface area contributed by atoms with Crippen molar-refractivity contribution in [2.45, 2.75) is 44.7 Å². The van der Waals surface area contributed by atoms with Gasteiger partial charge in [-0.2, -0.15) is 0 Å². The lowest BCUT2D eigenvalue weighted by Crippen LogP contribution is -2.40. The van der Waals surface area contributed by atoms with E-state index in [-0.39, 0.29) is 22.8 Å². The Balaban J connectivity index is 1.45. The van der Waals surface area contributed by atoms with Gasteiger partial charge in [0.25, 0.3) is 0 Å². The second-order valence-electron chi connectivity index (χ2n) is 10.6. The number of nitrogens with zero attached hydrogens (tertiary/aromatic N) is 2. The number of carbonyl (C=O) groups excluding carboxylic acids is 1. The van der Waals surface area contributed by atoms with Gasteiger partial charge in [-0.3, -0.25) is 9.59 Å². The van der Waals surface area contributed by atoms with E-state index < -0.39 is 11.2 Å². The van der Waals surface area contributed by atoms with Gasteiger partial charge < -0.3 is 19.5 Å². The number of rotatable bonds is 6. The molecule has 6 nitrogen and oxygen atoms in total. The lowest BCUT2D eigenvalue weighted by Gasteiger charge is -2.25. The number of halogens is 1. The van der Waals surface area contributed by atoms with Crippen molar-refractivity contribution in [2.24, 2.45) is 5.92 Å². The molecule has 3 aliphatic rings. The minimum Gasteiger partial charge on any atom is -0.492 e. The Hall–Kier alpha value is -3.45. The maximum absolute atomic E-state index is 15.8. The predicted octanol–water partition coefficient (Wildman–Crippen LogP) is 4.88. The molecule has 1 N–H and O–H groups in total. The Labute approximate surface area is 215 Å². The minimum atomic E-state index is -0.484. The second-order valence-corrected chi connectivity index (χ2v) is 10.6. The van der Waals surface area contributed by atoms with Gasteiger partial charge in [-0.05, 0) is 62.8 Å². The fourth-order valence-corrected chi connectivity index (χ4v) is 5.92. The highest BCUT2D eigenvalue weighted by atomic mass is 19.1. The van der Waals surface area contributed by atoms with Gasteiger partial charge in [0.2, 0.25) is 5.43 Å². The number of fused-ring (bicyclic) bond motifs is 2. The van der Waals surface area contributed by atoms with E-state index in [9.17, 15) is 9.59 Å². The van der Waals surface area contributed by atoms with Gasteiger partial charge in [-0.1, -0.05) is 35.9 Å². The SMILES string of the molecule is COc1c(N2CC3CCCNC3C2)c(F)cc2c(=O)c(C(=O)C=Cc3ccc(C)cc3)cn(C3CC3)c12. The van der Waals surface area contributed by atoms with Gasteiger partial charge in [0.1, 0.15) is 5.69 Å². The summed E-state index contributed by atoms with van der Waals surface area (Å²) < 4.78 is 23.6. The summed E-state index contributed by atoms with van der Waals surface area (Å²) in [5.74, 6) is -0.0198. The third kappa shape index (κ3) is 4.35. The molecule has 3 heterocycles. The van der Waals surface area contributed by atoms with E-state index in [0.717, 1.165) is 49.9 Å². The van der Waals surface area contributed by atoms with Crippen LogP contribution in [0.2, 0.25) is 0 Å². The molecule has 1 aromatic heterocycles. The summed E-state index contributed by atoms with van der Waals surface area (Å²) in [6, 6.07) is 9.59. The van der Waals surface area contributed by atoms with Crippen LogP contribution < -0.4 is 20.4 Å². The molecule has 2 saturated heterocycles. The Morgan fingerprint density at radius 3 is 2.65 bits per heavy atom. The van der Waals surface area contributed by atoms with Crippen molar-refractivity contribution in [2.75, 3.05) is 31.6 Å². The predicted molar refractivity (Wildman–Crippen MR) is 144 cm³/mol. The molecule has 37 heavy (non-hydrogen) atoms. The summed E-state index contributed by atoms with van der Waals surface area (Å²) in [7, 11) is 1.53. The van der Waals surface area contributed by atoms with Crippen molar-refractivity contribution in [1.82, 2.24) is 9.88 Å². The van der Waals surface area contributed by atoms with Crippen LogP contribution >= 0.6 is 0 Å². The molecule has 0 amide bonds. The molecule has 7 heteroatoms. The topological polar surface area (TPSA) is 63.6 Å². The molecular formula is C30H32FN3O3. The summed E-state index contributed by atoms with van der Waals surface area (Å²) in [4.78, 5) is 28.8. The van der Waals surface area contributed by atoms with E-state index in [0.29, 0.717) is 35.5 Å². The molecule has 3 fully saturated rings. The summed E-state index contributed by atoms with van der Waals surface area (Å²) in [5.41, 5.74) is 2.58. The number of piperidine rings is 1. The highest BCUT2D eigenvalue weighted by Crippen LogP contribution is 2.45. The number of nitrogens with one attached hydrogen (secondary N) is 1. The molecule has 1 aliphatic carbocycles. The number of anilines is 1. The fraction of sp³-hybridized carbons (Fsp3) is 0.400. The maximum Gasteiger partial charge on any atom is 0.200 e. The van der Waals surface area contributed by atoms with E-state index in [1.807, 2.05) is 35.8 Å². The number of aryl methyl sites for hydroxylation is 1. The molecule has 2 atom stereocenters. The molecule has 1 saturated carbocycles. The van der Waals surface area contributed by atoms with Crippen LogP contribution in [-0.4, -0.2) is 43.1 Å². The lowest BCUT2D eigenvalue weighted by atomic mass is 9.94. The van der Waals surface area contributed by atoms with Crippen molar-refractivity contribution >= 4 is 28.4 Å². The van der Waals surface area contributed by atoms with E-state index in [1.54, 1.807) is 12.3 Å². The molecule has 0 spiro atoms. The molecular weight excluding hydrogens is 469 g/mol. The Morgan fingerprint density at radius 1 is 1.16 bits per heavy atom. The number of aromatic nitrogens is 1. The zero-order chi connectivity index (χ0) is 25.7. The number of hydrogen-bond donors (Lipinski definition) is 1. The maximum atomic E-state index is 15.8. The molecule has 192 valence electrons. The largest absolute Gasteiger partial charge is 0.492 e. The first-order valence-electron chi connectivity index (χ1n) is 13.2. The zero-order valence-electron chi connectivity index (χ0n) is 21.3. The lowest BCUT2D eigenvalue weighted by molar-refractivity contribution is 0.104. The Morgan fingerprint density at radius 2 is 1.95 bits per heavy atom. The van der Waals surface area contributed by atoms with Gasteiger partial charge in [0.05, 0.1) is 23.6 Å². The Kier molecular flexibility index (Phi) is 6.11. The molecule has 2 aliphatic heterocycles.